The first-order chi connectivity index (χ1) is 10.3. The van der Waals surface area contributed by atoms with E-state index in [0.717, 1.165) is 25.8 Å². The maximum atomic E-state index is 12.2. The summed E-state index contributed by atoms with van der Waals surface area (Å²) in [6.45, 7) is 1.57. The van der Waals surface area contributed by atoms with Gasteiger partial charge in [0.15, 0.2) is 0 Å². The summed E-state index contributed by atoms with van der Waals surface area (Å²) in [7, 11) is 0. The molecule has 0 aliphatic carbocycles. The second-order valence-electron chi connectivity index (χ2n) is 5.00. The second kappa shape index (κ2) is 6.30. The smallest absolute Gasteiger partial charge is 0.277 e. The molecular formula is C15H17N5O. The number of rotatable bonds is 6. The van der Waals surface area contributed by atoms with Crippen LogP contribution in [0.3, 0.4) is 0 Å². The van der Waals surface area contributed by atoms with Gasteiger partial charge < -0.3 is 4.57 Å². The van der Waals surface area contributed by atoms with Crippen molar-refractivity contribution in [2.45, 2.75) is 32.4 Å². The van der Waals surface area contributed by atoms with E-state index < -0.39 is 0 Å². The molecule has 2 heterocycles. The Labute approximate surface area is 122 Å². The molecule has 0 unspecified atom stereocenters. The molecule has 0 N–H and O–H groups in total. The molecule has 1 aromatic carbocycles. The van der Waals surface area contributed by atoms with Gasteiger partial charge in [-0.25, -0.2) is 9.67 Å². The third-order valence-corrected chi connectivity index (χ3v) is 3.47. The predicted molar refractivity (Wildman–Crippen MR) is 79.9 cm³/mol. The highest BCUT2D eigenvalue weighted by Crippen LogP contribution is 2.04. The number of nitrogens with zero attached hydrogens (tertiary/aromatic N) is 5. The summed E-state index contributed by atoms with van der Waals surface area (Å²) in [5.41, 5.74) is 0.592. The second-order valence-corrected chi connectivity index (χ2v) is 5.00. The van der Waals surface area contributed by atoms with Crippen LogP contribution in [0.4, 0.5) is 0 Å². The third kappa shape index (κ3) is 3.16. The fourth-order valence-corrected chi connectivity index (χ4v) is 2.32. The van der Waals surface area contributed by atoms with E-state index in [-0.39, 0.29) is 5.56 Å². The molecule has 108 valence electrons. The molecule has 0 aliphatic heterocycles. The van der Waals surface area contributed by atoms with Gasteiger partial charge in [0.1, 0.15) is 5.52 Å². The molecule has 2 aromatic heterocycles. The Hall–Kier alpha value is -2.50. The maximum Gasteiger partial charge on any atom is 0.277 e. The lowest BCUT2D eigenvalue weighted by Crippen LogP contribution is -2.24. The number of aryl methyl sites for hydroxylation is 2. The molecule has 0 saturated heterocycles. The Morgan fingerprint density at radius 3 is 2.76 bits per heavy atom. The van der Waals surface area contributed by atoms with Gasteiger partial charge in [-0.2, -0.15) is 0 Å². The predicted octanol–water partition coefficient (Wildman–Crippen LogP) is 1.86. The summed E-state index contributed by atoms with van der Waals surface area (Å²) in [6.07, 6.45) is 8.58. The van der Waals surface area contributed by atoms with Gasteiger partial charge in [0.05, 0.1) is 11.7 Å². The third-order valence-electron chi connectivity index (χ3n) is 3.47. The zero-order chi connectivity index (χ0) is 14.5. The number of benzene rings is 1. The van der Waals surface area contributed by atoms with E-state index in [2.05, 4.69) is 19.9 Å². The molecule has 3 rings (SSSR count). The Morgan fingerprint density at radius 1 is 1.05 bits per heavy atom. The zero-order valence-electron chi connectivity index (χ0n) is 11.7. The van der Waals surface area contributed by atoms with E-state index in [4.69, 9.17) is 0 Å². The average molecular weight is 283 g/mol. The molecule has 0 aliphatic rings. The summed E-state index contributed by atoms with van der Waals surface area (Å²) in [5, 5.41) is 8.71. The molecule has 21 heavy (non-hydrogen) atoms. The van der Waals surface area contributed by atoms with Crippen LogP contribution in [0.5, 0.6) is 0 Å². The van der Waals surface area contributed by atoms with Crippen molar-refractivity contribution >= 4 is 10.9 Å². The zero-order valence-corrected chi connectivity index (χ0v) is 11.7. The van der Waals surface area contributed by atoms with E-state index in [1.54, 1.807) is 18.3 Å². The minimum absolute atomic E-state index is 0.0600. The van der Waals surface area contributed by atoms with Crippen LogP contribution in [0, 0.1) is 0 Å². The van der Waals surface area contributed by atoms with Gasteiger partial charge in [0, 0.05) is 25.5 Å². The molecule has 0 radical (unpaired) electrons. The highest BCUT2D eigenvalue weighted by atomic mass is 16.1. The molecule has 0 saturated carbocycles. The molecule has 6 nitrogen and oxygen atoms in total. The number of hydrogen-bond acceptors (Lipinski definition) is 4. The van der Waals surface area contributed by atoms with Crippen molar-refractivity contribution in [1.29, 1.82) is 0 Å². The lowest BCUT2D eigenvalue weighted by molar-refractivity contribution is 0.489. The first-order valence-corrected chi connectivity index (χ1v) is 7.13. The van der Waals surface area contributed by atoms with E-state index in [9.17, 15) is 4.79 Å². The van der Waals surface area contributed by atoms with E-state index >= 15 is 0 Å². The van der Waals surface area contributed by atoms with Crippen LogP contribution in [0.1, 0.15) is 19.3 Å². The van der Waals surface area contributed by atoms with Gasteiger partial charge in [-0.15, -0.1) is 5.10 Å². The summed E-state index contributed by atoms with van der Waals surface area (Å²) >= 11 is 0. The molecular weight excluding hydrogens is 266 g/mol. The highest BCUT2D eigenvalue weighted by molar-refractivity contribution is 5.76. The van der Waals surface area contributed by atoms with Gasteiger partial charge in [-0.3, -0.25) is 4.79 Å². The van der Waals surface area contributed by atoms with Crippen molar-refractivity contribution in [3.63, 3.8) is 0 Å². The molecule has 6 heteroatoms. The SMILES string of the molecule is O=c1c2ccccc2nnn1CCCCCn1ccnc1. The van der Waals surface area contributed by atoms with Crippen molar-refractivity contribution in [1.82, 2.24) is 24.5 Å². The Kier molecular flexibility index (Phi) is 4.04. The van der Waals surface area contributed by atoms with Crippen LogP contribution in [0.25, 0.3) is 10.9 Å². The molecule has 0 atom stereocenters. The molecule has 0 spiro atoms. The van der Waals surface area contributed by atoms with Gasteiger partial charge in [0.25, 0.3) is 5.56 Å². The average Bonchev–Trinajstić information content (AvgIpc) is 3.03. The van der Waals surface area contributed by atoms with Crippen molar-refractivity contribution in [2.24, 2.45) is 0 Å². The summed E-state index contributed by atoms with van der Waals surface area (Å²) in [5.74, 6) is 0. The van der Waals surface area contributed by atoms with Crippen LogP contribution in [-0.4, -0.2) is 24.5 Å². The van der Waals surface area contributed by atoms with Crippen molar-refractivity contribution < 1.29 is 0 Å². The number of unbranched alkanes of at least 4 members (excludes halogenated alkanes) is 2. The van der Waals surface area contributed by atoms with Crippen LogP contribution in [0.15, 0.2) is 47.8 Å². The minimum atomic E-state index is -0.0600. The largest absolute Gasteiger partial charge is 0.337 e. The number of hydrogen-bond donors (Lipinski definition) is 0. The van der Waals surface area contributed by atoms with Crippen molar-refractivity contribution in [3.05, 3.63) is 53.3 Å². The first-order valence-electron chi connectivity index (χ1n) is 7.13. The number of aromatic nitrogens is 5. The quantitative estimate of drug-likeness (QED) is 0.648. The van der Waals surface area contributed by atoms with Crippen LogP contribution >= 0.6 is 0 Å². The first kappa shape index (κ1) is 13.5. The lowest BCUT2D eigenvalue weighted by atomic mass is 10.2. The highest BCUT2D eigenvalue weighted by Gasteiger charge is 2.04. The van der Waals surface area contributed by atoms with Gasteiger partial charge in [-0.1, -0.05) is 17.3 Å². The van der Waals surface area contributed by atoms with Crippen LogP contribution in [0.2, 0.25) is 0 Å². The summed E-state index contributed by atoms with van der Waals surface area (Å²) in [4.78, 5) is 16.2. The van der Waals surface area contributed by atoms with Gasteiger partial charge in [-0.05, 0) is 31.4 Å². The van der Waals surface area contributed by atoms with Gasteiger partial charge in [0.2, 0.25) is 0 Å². The maximum absolute atomic E-state index is 12.2. The Balaban J connectivity index is 1.56. The minimum Gasteiger partial charge on any atom is -0.337 e. The fourth-order valence-electron chi connectivity index (χ4n) is 2.32. The fraction of sp³-hybridized carbons (Fsp3) is 0.333. The summed E-state index contributed by atoms with van der Waals surface area (Å²) in [6, 6.07) is 7.30. The van der Waals surface area contributed by atoms with Crippen LogP contribution < -0.4 is 5.56 Å². The van der Waals surface area contributed by atoms with Crippen molar-refractivity contribution in [3.8, 4) is 0 Å². The van der Waals surface area contributed by atoms with Crippen molar-refractivity contribution in [2.75, 3.05) is 0 Å². The van der Waals surface area contributed by atoms with Crippen LogP contribution in [-0.2, 0) is 13.1 Å². The van der Waals surface area contributed by atoms with Gasteiger partial charge >= 0.3 is 0 Å². The lowest BCUT2D eigenvalue weighted by Gasteiger charge is -2.05. The van der Waals surface area contributed by atoms with E-state index in [0.29, 0.717) is 17.4 Å². The summed E-state index contributed by atoms with van der Waals surface area (Å²) < 4.78 is 3.52. The molecule has 0 bridgehead atoms. The van der Waals surface area contributed by atoms with E-state index in [1.165, 1.54) is 4.68 Å². The standard InChI is InChI=1S/C15H17N5O/c21-15-13-6-2-3-7-14(13)17-18-20(15)10-5-1-4-9-19-11-8-16-12-19/h2-3,6-8,11-12H,1,4-5,9-10H2. The van der Waals surface area contributed by atoms with E-state index in [1.807, 2.05) is 24.7 Å². The molecule has 0 fully saturated rings. The topological polar surface area (TPSA) is 65.6 Å². The molecule has 0 amide bonds. The Bertz CT molecular complexity index is 763. The Morgan fingerprint density at radius 2 is 1.90 bits per heavy atom. The normalized spacial score (nSPS) is 11.0. The molecule has 3 aromatic rings. The monoisotopic (exact) mass is 283 g/mol. The number of imidazole rings is 1. The number of fused-ring (bicyclic) bond motifs is 1.